The van der Waals surface area contributed by atoms with Crippen LogP contribution in [0.1, 0.15) is 43.7 Å². The van der Waals surface area contributed by atoms with Gasteiger partial charge in [-0.2, -0.15) is 0 Å². The molecule has 2 N–H and O–H groups in total. The minimum absolute atomic E-state index is 0.00837. The van der Waals surface area contributed by atoms with Crippen molar-refractivity contribution < 1.29 is 19.7 Å². The molecule has 3 bridgehead atoms. The standard InChI is InChI=1S/C20H23NO4/c1-19(24)15-6-11-4-5-13(22)17-16(11)20(19)8-12(7-14(23)18(20)25-17)21(15)9-10-2-3-10/h4-5,10,12,15,18,22,24H,2-3,6-9H2,1H3/t12-,15+,18-,19+,20-/m0/s1. The second-order valence-electron chi connectivity index (χ2n) is 8.95. The minimum Gasteiger partial charge on any atom is -0.504 e. The van der Waals surface area contributed by atoms with E-state index >= 15 is 0 Å². The number of carbonyl (C=O) groups excluding carboxylic acids is 1. The van der Waals surface area contributed by atoms with E-state index in [1.165, 1.54) is 12.8 Å². The van der Waals surface area contributed by atoms with Crippen LogP contribution >= 0.6 is 0 Å². The van der Waals surface area contributed by atoms with Gasteiger partial charge in [0.05, 0.1) is 11.0 Å². The average Bonchev–Trinajstić information content (AvgIpc) is 3.29. The van der Waals surface area contributed by atoms with Gasteiger partial charge in [0.25, 0.3) is 0 Å². The molecule has 2 heterocycles. The van der Waals surface area contributed by atoms with Crippen molar-refractivity contribution >= 4 is 5.78 Å². The molecule has 0 unspecified atom stereocenters. The molecule has 2 aliphatic heterocycles. The smallest absolute Gasteiger partial charge is 0.175 e. The lowest BCUT2D eigenvalue weighted by molar-refractivity contribution is -0.191. The summed E-state index contributed by atoms with van der Waals surface area (Å²) < 4.78 is 6.02. The van der Waals surface area contributed by atoms with Crippen LogP contribution in [0, 0.1) is 5.92 Å². The molecular formula is C20H23NO4. The fraction of sp³-hybridized carbons (Fsp3) is 0.650. The van der Waals surface area contributed by atoms with Gasteiger partial charge in [-0.25, -0.2) is 0 Å². The van der Waals surface area contributed by atoms with Gasteiger partial charge in [0.15, 0.2) is 23.4 Å². The van der Waals surface area contributed by atoms with E-state index in [4.69, 9.17) is 4.74 Å². The lowest BCUT2D eigenvalue weighted by atomic mass is 9.49. The molecule has 2 saturated carbocycles. The van der Waals surface area contributed by atoms with Crippen molar-refractivity contribution in [1.29, 1.82) is 0 Å². The van der Waals surface area contributed by atoms with Crippen LogP contribution in [0.15, 0.2) is 12.1 Å². The predicted molar refractivity (Wildman–Crippen MR) is 89.8 cm³/mol. The third-order valence-electron chi connectivity index (χ3n) is 7.64. The number of nitrogens with zero attached hydrogens (tertiary/aromatic N) is 1. The van der Waals surface area contributed by atoms with E-state index in [9.17, 15) is 15.0 Å². The van der Waals surface area contributed by atoms with E-state index < -0.39 is 17.1 Å². The summed E-state index contributed by atoms with van der Waals surface area (Å²) in [6.45, 7) is 2.88. The number of ether oxygens (including phenoxy) is 1. The van der Waals surface area contributed by atoms with Gasteiger partial charge in [-0.3, -0.25) is 9.69 Å². The summed E-state index contributed by atoms with van der Waals surface area (Å²) in [5, 5.41) is 22.1. The Morgan fingerprint density at radius 3 is 2.88 bits per heavy atom. The van der Waals surface area contributed by atoms with Crippen LogP contribution in [-0.4, -0.2) is 51.2 Å². The number of likely N-dealkylation sites (tertiary alicyclic amines) is 1. The molecule has 25 heavy (non-hydrogen) atoms. The average molecular weight is 341 g/mol. The number of benzene rings is 1. The van der Waals surface area contributed by atoms with Crippen molar-refractivity contribution in [3.8, 4) is 11.5 Å². The monoisotopic (exact) mass is 341 g/mol. The van der Waals surface area contributed by atoms with Crippen molar-refractivity contribution in [2.45, 2.75) is 68.2 Å². The number of aromatic hydroxyl groups is 1. The van der Waals surface area contributed by atoms with Crippen LogP contribution in [0.2, 0.25) is 0 Å². The highest BCUT2D eigenvalue weighted by atomic mass is 16.5. The first kappa shape index (κ1) is 14.6. The summed E-state index contributed by atoms with van der Waals surface area (Å²) in [5.74, 6) is 1.31. The molecule has 6 rings (SSSR count). The zero-order chi connectivity index (χ0) is 17.1. The maximum absolute atomic E-state index is 13.0. The Hall–Kier alpha value is -1.59. The van der Waals surface area contributed by atoms with Crippen LogP contribution in [-0.2, 0) is 16.6 Å². The Kier molecular flexibility index (Phi) is 2.45. The van der Waals surface area contributed by atoms with E-state index in [0.29, 0.717) is 18.1 Å². The maximum Gasteiger partial charge on any atom is 0.175 e. The molecule has 3 aliphatic carbocycles. The lowest BCUT2D eigenvalue weighted by Crippen LogP contribution is -2.78. The topological polar surface area (TPSA) is 70.0 Å². The molecular weight excluding hydrogens is 318 g/mol. The van der Waals surface area contributed by atoms with Crippen molar-refractivity contribution in [3.05, 3.63) is 23.3 Å². The Labute approximate surface area is 146 Å². The van der Waals surface area contributed by atoms with Gasteiger partial charge in [-0.05, 0) is 50.2 Å². The molecule has 1 aromatic carbocycles. The number of piperidine rings is 1. The van der Waals surface area contributed by atoms with Crippen molar-refractivity contribution in [2.75, 3.05) is 6.54 Å². The number of Topliss-reactive ketones (excluding diaryl/α,β-unsaturated/α-hetero) is 1. The second kappa shape index (κ2) is 4.21. The van der Waals surface area contributed by atoms with E-state index in [2.05, 4.69) is 4.90 Å². The number of phenols is 1. The minimum atomic E-state index is -1.04. The summed E-state index contributed by atoms with van der Waals surface area (Å²) in [4.78, 5) is 15.4. The van der Waals surface area contributed by atoms with E-state index in [1.807, 2.05) is 13.0 Å². The second-order valence-corrected chi connectivity index (χ2v) is 8.95. The van der Waals surface area contributed by atoms with Gasteiger partial charge >= 0.3 is 0 Å². The number of carbonyl (C=O) groups is 1. The van der Waals surface area contributed by atoms with Gasteiger partial charge in [0.1, 0.15) is 0 Å². The summed E-state index contributed by atoms with van der Waals surface area (Å²) in [7, 11) is 0. The zero-order valence-corrected chi connectivity index (χ0v) is 14.4. The molecule has 0 radical (unpaired) electrons. The Morgan fingerprint density at radius 1 is 1.32 bits per heavy atom. The Balaban J connectivity index is 1.61. The summed E-state index contributed by atoms with van der Waals surface area (Å²) in [6.07, 6.45) is 3.85. The molecule has 0 aromatic heterocycles. The van der Waals surface area contributed by atoms with Crippen LogP contribution in [0.5, 0.6) is 11.5 Å². The molecule has 3 fully saturated rings. The van der Waals surface area contributed by atoms with Crippen LogP contribution in [0.25, 0.3) is 0 Å². The quantitative estimate of drug-likeness (QED) is 0.854. The molecule has 0 amide bonds. The Bertz CT molecular complexity index is 814. The number of phenolic OH excluding ortho intramolecular Hbond substituents is 1. The number of fused-ring (bicyclic) bond motifs is 2. The van der Waals surface area contributed by atoms with Gasteiger partial charge in [0, 0.05) is 30.6 Å². The van der Waals surface area contributed by atoms with E-state index in [1.54, 1.807) is 6.07 Å². The predicted octanol–water partition coefficient (Wildman–Crippen LogP) is 1.52. The first-order valence-corrected chi connectivity index (χ1v) is 9.46. The van der Waals surface area contributed by atoms with E-state index in [0.717, 1.165) is 30.5 Å². The molecule has 5 heteroatoms. The number of ketones is 1. The third kappa shape index (κ3) is 1.52. The van der Waals surface area contributed by atoms with Crippen molar-refractivity contribution in [2.24, 2.45) is 5.92 Å². The number of hydrogen-bond donors (Lipinski definition) is 2. The van der Waals surface area contributed by atoms with Gasteiger partial charge in [-0.15, -0.1) is 0 Å². The summed E-state index contributed by atoms with van der Waals surface area (Å²) in [5.41, 5.74) is 0.286. The zero-order valence-electron chi connectivity index (χ0n) is 14.4. The third-order valence-corrected chi connectivity index (χ3v) is 7.64. The summed E-state index contributed by atoms with van der Waals surface area (Å²) >= 11 is 0. The number of rotatable bonds is 2. The normalized spacial score (nSPS) is 43.9. The maximum atomic E-state index is 13.0. The highest BCUT2D eigenvalue weighted by Gasteiger charge is 2.73. The van der Waals surface area contributed by atoms with Crippen LogP contribution in [0.3, 0.4) is 0 Å². The fourth-order valence-electron chi connectivity index (χ4n) is 6.31. The molecule has 1 spiro atoms. The first-order chi connectivity index (χ1) is 11.9. The highest BCUT2D eigenvalue weighted by molar-refractivity contribution is 5.90. The van der Waals surface area contributed by atoms with Crippen LogP contribution < -0.4 is 4.74 Å². The lowest BCUT2D eigenvalue weighted by Gasteiger charge is -2.64. The number of hydrogen-bond acceptors (Lipinski definition) is 5. The molecule has 1 aromatic rings. The van der Waals surface area contributed by atoms with E-state index in [-0.39, 0.29) is 23.6 Å². The molecule has 5 nitrogen and oxygen atoms in total. The largest absolute Gasteiger partial charge is 0.504 e. The highest BCUT2D eigenvalue weighted by Crippen LogP contribution is 2.65. The van der Waals surface area contributed by atoms with Crippen molar-refractivity contribution in [1.82, 2.24) is 4.90 Å². The summed E-state index contributed by atoms with van der Waals surface area (Å²) in [6, 6.07) is 3.82. The SMILES string of the molecule is C[C@@]1(O)[C@H]2Cc3ccc(O)c4c3[C@]13C[C@H](CC(=O)[C@@H]3O4)N2CC1CC1. The van der Waals surface area contributed by atoms with Gasteiger partial charge in [-0.1, -0.05) is 6.07 Å². The molecule has 1 saturated heterocycles. The van der Waals surface area contributed by atoms with Gasteiger partial charge < -0.3 is 14.9 Å². The van der Waals surface area contributed by atoms with Crippen LogP contribution in [0.4, 0.5) is 0 Å². The van der Waals surface area contributed by atoms with Crippen molar-refractivity contribution in [3.63, 3.8) is 0 Å². The van der Waals surface area contributed by atoms with Gasteiger partial charge in [0.2, 0.25) is 0 Å². The Morgan fingerprint density at radius 2 is 2.12 bits per heavy atom. The molecule has 132 valence electrons. The number of aliphatic hydroxyl groups is 1. The fourth-order valence-corrected chi connectivity index (χ4v) is 6.31. The molecule has 5 atom stereocenters. The molecule has 5 aliphatic rings. The first-order valence-electron chi connectivity index (χ1n) is 9.46.